The van der Waals surface area contributed by atoms with Crippen LogP contribution in [-0.2, 0) is 29.2 Å². The van der Waals surface area contributed by atoms with Crippen molar-refractivity contribution in [2.24, 2.45) is 0 Å². The number of nitrogens with one attached hydrogen (secondary N) is 2. The monoisotopic (exact) mass is 728 g/mol. The molecule has 4 aromatic rings. The van der Waals surface area contributed by atoms with Gasteiger partial charge < -0.3 is 20.6 Å². The molecule has 0 saturated carbocycles. The predicted octanol–water partition coefficient (Wildman–Crippen LogP) is 5.63. The average Bonchev–Trinajstić information content (AvgIpc) is 3.80. The van der Waals surface area contributed by atoms with Gasteiger partial charge in [0.25, 0.3) is 11.8 Å². The Morgan fingerprint density at radius 2 is 1.72 bits per heavy atom. The van der Waals surface area contributed by atoms with Crippen LogP contribution in [0.5, 0.6) is 0 Å². The van der Waals surface area contributed by atoms with Gasteiger partial charge in [0.1, 0.15) is 0 Å². The Balaban J connectivity index is 1.39. The fraction of sp³-hybridized carbons (Fsp3) is 0.333. The van der Waals surface area contributed by atoms with Gasteiger partial charge in [-0.25, -0.2) is 8.42 Å². The summed E-state index contributed by atoms with van der Waals surface area (Å²) in [5, 5.41) is 19.1. The highest BCUT2D eigenvalue weighted by Crippen LogP contribution is 2.36. The van der Waals surface area contributed by atoms with E-state index in [1.165, 1.54) is 31.3 Å². The van der Waals surface area contributed by atoms with Crippen LogP contribution >= 0.6 is 11.3 Å². The van der Waals surface area contributed by atoms with Crippen LogP contribution in [0, 0.1) is 0 Å². The molecule has 1 aliphatic rings. The lowest BCUT2D eigenvalue weighted by molar-refractivity contribution is -0.137. The molecule has 0 spiro atoms. The number of hydrogen-bond acceptors (Lipinski definition) is 7. The number of carbonyl (C=O) groups excluding carboxylic acids is 2. The molecule has 3 N–H and O–H groups in total. The van der Waals surface area contributed by atoms with Crippen molar-refractivity contribution in [1.29, 1.82) is 0 Å². The maximum absolute atomic E-state index is 14.0. The van der Waals surface area contributed by atoms with E-state index in [9.17, 15) is 36.3 Å². The summed E-state index contributed by atoms with van der Waals surface area (Å²) >= 11 is 1.55. The number of halogens is 3. The van der Waals surface area contributed by atoms with Crippen molar-refractivity contribution in [1.82, 2.24) is 15.5 Å². The maximum atomic E-state index is 14.0. The Labute approximate surface area is 293 Å². The Hall–Kier alpha value is -4.24. The minimum Gasteiger partial charge on any atom is -0.390 e. The number of nitrogens with zero attached hydrogens (tertiary/aromatic N) is 2. The van der Waals surface area contributed by atoms with Gasteiger partial charge in [-0.1, -0.05) is 54.6 Å². The van der Waals surface area contributed by atoms with E-state index in [1.807, 2.05) is 47.8 Å². The SMILES string of the molecule is CN(c1cc(C(=O)N[C@@H](Cc2ccccc2)[C@@H](O)CNCc2cccc(C(F)(F)F)c2)cc(C(=O)N2CCCC2c2cccs2)c1)S(C)(=O)=O. The molecule has 9 nitrogen and oxygen atoms in total. The molecule has 2 heterocycles. The third kappa shape index (κ3) is 9.30. The van der Waals surface area contributed by atoms with Crippen LogP contribution < -0.4 is 14.9 Å². The second kappa shape index (κ2) is 15.8. The van der Waals surface area contributed by atoms with Crippen molar-refractivity contribution in [3.05, 3.63) is 123 Å². The molecule has 50 heavy (non-hydrogen) atoms. The van der Waals surface area contributed by atoms with E-state index >= 15 is 0 Å². The standard InChI is InChI=1S/C36H39F3N4O5S2/c1-42(50(2,47)48)29-20-26(19-27(21-29)35(46)43-15-7-13-31(43)33-14-8-16-49-33)34(45)41-30(18-24-9-4-3-5-10-24)32(44)23-40-22-25-11-6-12-28(17-25)36(37,38)39/h3-6,8-12,14,16-17,19-21,30-32,40,44H,7,13,15,18,22-23H2,1-2H3,(H,41,45)/t30-,31?,32-/m0/s1. The third-order valence-electron chi connectivity index (χ3n) is 8.69. The van der Waals surface area contributed by atoms with Crippen LogP contribution in [0.2, 0.25) is 0 Å². The number of hydrogen-bond donors (Lipinski definition) is 3. The molecule has 266 valence electrons. The Kier molecular flexibility index (Phi) is 11.7. The lowest BCUT2D eigenvalue weighted by Crippen LogP contribution is -2.48. The van der Waals surface area contributed by atoms with E-state index < -0.39 is 39.8 Å². The number of aliphatic hydroxyl groups is 1. The smallest absolute Gasteiger partial charge is 0.390 e. The molecule has 1 saturated heterocycles. The normalized spacial score (nSPS) is 16.2. The summed E-state index contributed by atoms with van der Waals surface area (Å²) in [5.74, 6) is -0.977. The number of thiophene rings is 1. The van der Waals surface area contributed by atoms with Gasteiger partial charge in [0.2, 0.25) is 10.0 Å². The Morgan fingerprint density at radius 1 is 1.00 bits per heavy atom. The van der Waals surface area contributed by atoms with Gasteiger partial charge in [-0.2, -0.15) is 13.2 Å². The van der Waals surface area contributed by atoms with E-state index in [4.69, 9.17) is 0 Å². The van der Waals surface area contributed by atoms with Crippen LogP contribution in [0.1, 0.15) is 61.2 Å². The number of benzene rings is 3. The Bertz CT molecular complexity index is 1890. The minimum atomic E-state index is -4.49. The van der Waals surface area contributed by atoms with Crippen LogP contribution in [0.15, 0.2) is 90.3 Å². The van der Waals surface area contributed by atoms with E-state index in [-0.39, 0.29) is 48.3 Å². The molecule has 0 bridgehead atoms. The molecular formula is C36H39F3N4O5S2. The van der Waals surface area contributed by atoms with Crippen LogP contribution in [0.4, 0.5) is 18.9 Å². The number of likely N-dealkylation sites (tertiary alicyclic amines) is 1. The van der Waals surface area contributed by atoms with E-state index in [2.05, 4.69) is 10.6 Å². The largest absolute Gasteiger partial charge is 0.416 e. The molecule has 5 rings (SSSR count). The second-order valence-corrected chi connectivity index (χ2v) is 15.3. The van der Waals surface area contributed by atoms with Gasteiger partial charge in [-0.3, -0.25) is 13.9 Å². The van der Waals surface area contributed by atoms with Gasteiger partial charge in [0, 0.05) is 42.7 Å². The van der Waals surface area contributed by atoms with Crippen LogP contribution in [-0.4, -0.2) is 68.8 Å². The molecule has 2 amide bonds. The Morgan fingerprint density at radius 3 is 2.40 bits per heavy atom. The summed E-state index contributed by atoms with van der Waals surface area (Å²) in [7, 11) is -2.42. The zero-order valence-corrected chi connectivity index (χ0v) is 29.2. The first-order valence-corrected chi connectivity index (χ1v) is 18.8. The number of alkyl halides is 3. The van der Waals surface area contributed by atoms with E-state index in [0.717, 1.165) is 46.0 Å². The zero-order chi connectivity index (χ0) is 36.1. The summed E-state index contributed by atoms with van der Waals surface area (Å²) < 4.78 is 65.6. The first-order chi connectivity index (χ1) is 23.7. The molecule has 3 aromatic carbocycles. The summed E-state index contributed by atoms with van der Waals surface area (Å²) in [6.45, 7) is 0.489. The first kappa shape index (κ1) is 37.0. The van der Waals surface area contributed by atoms with Crippen LogP contribution in [0.3, 0.4) is 0 Å². The lowest BCUT2D eigenvalue weighted by Gasteiger charge is -2.27. The fourth-order valence-corrected chi connectivity index (χ4v) is 7.32. The number of amides is 2. The third-order valence-corrected chi connectivity index (χ3v) is 10.9. The topological polar surface area (TPSA) is 119 Å². The summed E-state index contributed by atoms with van der Waals surface area (Å²) in [6.07, 6.45) is -2.85. The van der Waals surface area contributed by atoms with Gasteiger partial charge >= 0.3 is 6.18 Å². The van der Waals surface area contributed by atoms with Gasteiger partial charge in [-0.15, -0.1) is 11.3 Å². The van der Waals surface area contributed by atoms with Crippen molar-refractivity contribution in [2.75, 3.05) is 30.7 Å². The molecule has 1 aliphatic heterocycles. The maximum Gasteiger partial charge on any atom is 0.416 e. The van der Waals surface area contributed by atoms with Crippen molar-refractivity contribution in [3.8, 4) is 0 Å². The summed E-state index contributed by atoms with van der Waals surface area (Å²) in [5.41, 5.74) is 0.701. The first-order valence-electron chi connectivity index (χ1n) is 16.0. The molecule has 3 atom stereocenters. The number of anilines is 1. The van der Waals surface area contributed by atoms with Crippen molar-refractivity contribution in [3.63, 3.8) is 0 Å². The molecule has 1 aromatic heterocycles. The molecule has 1 fully saturated rings. The number of carbonyl (C=O) groups is 2. The van der Waals surface area contributed by atoms with Gasteiger partial charge in [0.15, 0.2) is 0 Å². The summed E-state index contributed by atoms with van der Waals surface area (Å²) in [4.78, 5) is 30.6. The van der Waals surface area contributed by atoms with Crippen molar-refractivity contribution < 1.29 is 36.3 Å². The average molecular weight is 729 g/mol. The molecule has 1 unspecified atom stereocenters. The second-order valence-electron chi connectivity index (χ2n) is 12.3. The molecule has 0 radical (unpaired) electrons. The summed E-state index contributed by atoms with van der Waals surface area (Å²) in [6, 6.07) is 21.2. The van der Waals surface area contributed by atoms with Crippen LogP contribution in [0.25, 0.3) is 0 Å². The van der Waals surface area contributed by atoms with Gasteiger partial charge in [-0.05, 0) is 66.1 Å². The lowest BCUT2D eigenvalue weighted by atomic mass is 9.99. The highest BCUT2D eigenvalue weighted by Gasteiger charge is 2.33. The van der Waals surface area contributed by atoms with E-state index in [1.54, 1.807) is 22.3 Å². The quantitative estimate of drug-likeness (QED) is 0.164. The fourth-order valence-electron chi connectivity index (χ4n) is 5.96. The number of rotatable bonds is 13. The van der Waals surface area contributed by atoms with Gasteiger partial charge in [0.05, 0.1) is 35.7 Å². The zero-order valence-electron chi connectivity index (χ0n) is 27.6. The predicted molar refractivity (Wildman–Crippen MR) is 188 cm³/mol. The van der Waals surface area contributed by atoms with E-state index in [0.29, 0.717) is 12.1 Å². The van der Waals surface area contributed by atoms with Crippen molar-refractivity contribution in [2.45, 2.75) is 50.2 Å². The van der Waals surface area contributed by atoms with Crippen molar-refractivity contribution >= 4 is 38.9 Å². The number of sulfonamides is 1. The number of aliphatic hydroxyl groups excluding tert-OH is 1. The highest BCUT2D eigenvalue weighted by atomic mass is 32.2. The molecule has 0 aliphatic carbocycles. The highest BCUT2D eigenvalue weighted by molar-refractivity contribution is 7.92. The minimum absolute atomic E-state index is 0.0235. The molecular weight excluding hydrogens is 690 g/mol. The molecule has 14 heteroatoms.